The van der Waals surface area contributed by atoms with Gasteiger partial charge in [0.2, 0.25) is 0 Å². The Kier molecular flexibility index (Phi) is 4.18. The van der Waals surface area contributed by atoms with E-state index in [2.05, 4.69) is 11.9 Å². The Morgan fingerprint density at radius 2 is 2.24 bits per heavy atom. The van der Waals surface area contributed by atoms with Crippen LogP contribution in [0.5, 0.6) is 0 Å². The molecule has 1 fully saturated rings. The summed E-state index contributed by atoms with van der Waals surface area (Å²) >= 11 is 1.32. The van der Waals surface area contributed by atoms with Crippen LogP contribution in [0.1, 0.15) is 40.9 Å². The highest BCUT2D eigenvalue weighted by molar-refractivity contribution is 7.12. The first-order valence-electron chi connectivity index (χ1n) is 6.15. The van der Waals surface area contributed by atoms with Crippen LogP contribution in [0.25, 0.3) is 0 Å². The van der Waals surface area contributed by atoms with E-state index in [0.29, 0.717) is 4.88 Å². The van der Waals surface area contributed by atoms with E-state index >= 15 is 0 Å². The molecular weight excluding hydrogens is 234 g/mol. The second kappa shape index (κ2) is 5.65. The SMILES string of the molecule is CN(Cc1ccsc1C(=O)O)CC1CCCC1. The van der Waals surface area contributed by atoms with Gasteiger partial charge in [-0.3, -0.25) is 0 Å². The Morgan fingerprint density at radius 1 is 1.53 bits per heavy atom. The molecule has 0 unspecified atom stereocenters. The number of hydrogen-bond donors (Lipinski definition) is 1. The van der Waals surface area contributed by atoms with E-state index in [-0.39, 0.29) is 0 Å². The zero-order chi connectivity index (χ0) is 12.3. The summed E-state index contributed by atoms with van der Waals surface area (Å²) in [6.45, 7) is 1.84. The van der Waals surface area contributed by atoms with Crippen molar-refractivity contribution in [3.63, 3.8) is 0 Å². The molecule has 1 aliphatic rings. The summed E-state index contributed by atoms with van der Waals surface area (Å²) in [6.07, 6.45) is 5.38. The summed E-state index contributed by atoms with van der Waals surface area (Å²) in [4.78, 5) is 13.7. The maximum Gasteiger partial charge on any atom is 0.346 e. The van der Waals surface area contributed by atoms with E-state index in [1.165, 1.54) is 37.0 Å². The van der Waals surface area contributed by atoms with Crippen LogP contribution in [0.15, 0.2) is 11.4 Å². The van der Waals surface area contributed by atoms with Crippen LogP contribution >= 0.6 is 11.3 Å². The second-order valence-corrected chi connectivity index (χ2v) is 5.84. The van der Waals surface area contributed by atoms with E-state index < -0.39 is 5.97 Å². The van der Waals surface area contributed by atoms with Gasteiger partial charge in [-0.05, 0) is 42.8 Å². The van der Waals surface area contributed by atoms with Crippen molar-refractivity contribution in [2.75, 3.05) is 13.6 Å². The first-order valence-corrected chi connectivity index (χ1v) is 7.03. The Balaban J connectivity index is 1.90. The van der Waals surface area contributed by atoms with Crippen molar-refractivity contribution < 1.29 is 9.90 Å². The van der Waals surface area contributed by atoms with E-state index in [0.717, 1.165) is 24.6 Å². The van der Waals surface area contributed by atoms with Gasteiger partial charge in [0.1, 0.15) is 4.88 Å². The molecule has 0 saturated heterocycles. The van der Waals surface area contributed by atoms with Crippen LogP contribution in [-0.2, 0) is 6.54 Å². The van der Waals surface area contributed by atoms with Crippen LogP contribution in [-0.4, -0.2) is 29.6 Å². The molecule has 0 amide bonds. The van der Waals surface area contributed by atoms with Crippen LogP contribution in [0.4, 0.5) is 0 Å². The third kappa shape index (κ3) is 3.30. The fraction of sp³-hybridized carbons (Fsp3) is 0.615. The van der Waals surface area contributed by atoms with Gasteiger partial charge in [0.25, 0.3) is 0 Å². The van der Waals surface area contributed by atoms with Crippen LogP contribution in [0.3, 0.4) is 0 Å². The van der Waals surface area contributed by atoms with Crippen LogP contribution < -0.4 is 0 Å². The maximum absolute atomic E-state index is 11.0. The Morgan fingerprint density at radius 3 is 2.88 bits per heavy atom. The zero-order valence-electron chi connectivity index (χ0n) is 10.2. The quantitative estimate of drug-likeness (QED) is 0.876. The van der Waals surface area contributed by atoms with Crippen molar-refractivity contribution >= 4 is 17.3 Å². The van der Waals surface area contributed by atoms with E-state index in [4.69, 9.17) is 5.11 Å². The molecule has 1 aliphatic carbocycles. The molecule has 2 rings (SSSR count). The topological polar surface area (TPSA) is 40.5 Å². The number of carboxylic acid groups (broad SMARTS) is 1. The fourth-order valence-electron chi connectivity index (χ4n) is 2.64. The lowest BCUT2D eigenvalue weighted by Crippen LogP contribution is -2.24. The van der Waals surface area contributed by atoms with Gasteiger partial charge in [-0.1, -0.05) is 12.8 Å². The molecule has 17 heavy (non-hydrogen) atoms. The summed E-state index contributed by atoms with van der Waals surface area (Å²) in [6, 6.07) is 1.93. The molecule has 0 radical (unpaired) electrons. The van der Waals surface area contributed by atoms with E-state index in [1.54, 1.807) is 0 Å². The standard InChI is InChI=1S/C13H19NO2S/c1-14(8-10-4-2-3-5-10)9-11-6-7-17-12(11)13(15)16/h6-7,10H,2-5,8-9H2,1H3,(H,15,16). The minimum Gasteiger partial charge on any atom is -0.477 e. The molecule has 94 valence electrons. The normalized spacial score (nSPS) is 16.8. The molecule has 0 spiro atoms. The lowest BCUT2D eigenvalue weighted by atomic mass is 10.1. The molecule has 1 saturated carbocycles. The van der Waals surface area contributed by atoms with Gasteiger partial charge in [-0.25, -0.2) is 4.79 Å². The lowest BCUT2D eigenvalue weighted by molar-refractivity contribution is 0.0700. The van der Waals surface area contributed by atoms with Gasteiger partial charge in [0.15, 0.2) is 0 Å². The lowest BCUT2D eigenvalue weighted by Gasteiger charge is -2.20. The number of nitrogens with zero attached hydrogens (tertiary/aromatic N) is 1. The van der Waals surface area contributed by atoms with Crippen molar-refractivity contribution in [1.82, 2.24) is 4.90 Å². The van der Waals surface area contributed by atoms with Gasteiger partial charge >= 0.3 is 5.97 Å². The van der Waals surface area contributed by atoms with Gasteiger partial charge in [0.05, 0.1) is 0 Å². The Hall–Kier alpha value is -0.870. The van der Waals surface area contributed by atoms with Gasteiger partial charge in [-0.2, -0.15) is 0 Å². The summed E-state index contributed by atoms with van der Waals surface area (Å²) in [5.74, 6) is 0.0104. The van der Waals surface area contributed by atoms with Crippen molar-refractivity contribution in [2.24, 2.45) is 5.92 Å². The predicted octanol–water partition coefficient (Wildman–Crippen LogP) is 3.07. The molecule has 1 heterocycles. The molecule has 4 heteroatoms. The van der Waals surface area contributed by atoms with Crippen molar-refractivity contribution in [1.29, 1.82) is 0 Å². The number of aromatic carboxylic acids is 1. The molecule has 1 N–H and O–H groups in total. The average Bonchev–Trinajstić information content (AvgIpc) is 2.88. The average molecular weight is 253 g/mol. The van der Waals surface area contributed by atoms with E-state index in [1.807, 2.05) is 11.4 Å². The third-order valence-corrected chi connectivity index (χ3v) is 4.37. The molecular formula is C13H19NO2S. The van der Waals surface area contributed by atoms with Gasteiger partial charge in [-0.15, -0.1) is 11.3 Å². The summed E-state index contributed by atoms with van der Waals surface area (Å²) in [5, 5.41) is 10.9. The number of rotatable bonds is 5. The Labute approximate surface area is 106 Å². The molecule has 0 atom stereocenters. The summed E-state index contributed by atoms with van der Waals surface area (Å²) in [7, 11) is 2.08. The third-order valence-electron chi connectivity index (χ3n) is 3.43. The second-order valence-electron chi connectivity index (χ2n) is 4.93. The highest BCUT2D eigenvalue weighted by atomic mass is 32.1. The van der Waals surface area contributed by atoms with Crippen molar-refractivity contribution in [2.45, 2.75) is 32.2 Å². The molecule has 0 aromatic carbocycles. The van der Waals surface area contributed by atoms with Gasteiger partial charge < -0.3 is 10.0 Å². The molecule has 1 aromatic heterocycles. The highest BCUT2D eigenvalue weighted by Gasteiger charge is 2.18. The molecule has 0 aliphatic heterocycles. The van der Waals surface area contributed by atoms with Crippen molar-refractivity contribution in [3.05, 3.63) is 21.9 Å². The number of hydrogen-bond acceptors (Lipinski definition) is 3. The zero-order valence-corrected chi connectivity index (χ0v) is 11.0. The molecule has 1 aromatic rings. The number of thiophene rings is 1. The first-order chi connectivity index (χ1) is 8.16. The first kappa shape index (κ1) is 12.6. The number of carbonyl (C=O) groups is 1. The summed E-state index contributed by atoms with van der Waals surface area (Å²) in [5.41, 5.74) is 0.947. The summed E-state index contributed by atoms with van der Waals surface area (Å²) < 4.78 is 0. The minimum atomic E-state index is -0.802. The smallest absolute Gasteiger partial charge is 0.346 e. The minimum absolute atomic E-state index is 0.489. The van der Waals surface area contributed by atoms with Crippen LogP contribution in [0, 0.1) is 5.92 Å². The van der Waals surface area contributed by atoms with E-state index in [9.17, 15) is 4.79 Å². The highest BCUT2D eigenvalue weighted by Crippen LogP contribution is 2.26. The van der Waals surface area contributed by atoms with Crippen LogP contribution in [0.2, 0.25) is 0 Å². The largest absolute Gasteiger partial charge is 0.477 e. The maximum atomic E-state index is 11.0. The molecule has 3 nitrogen and oxygen atoms in total. The predicted molar refractivity (Wildman–Crippen MR) is 69.6 cm³/mol. The molecule has 0 bridgehead atoms. The van der Waals surface area contributed by atoms with Crippen molar-refractivity contribution in [3.8, 4) is 0 Å². The van der Waals surface area contributed by atoms with Gasteiger partial charge in [0, 0.05) is 13.1 Å². The monoisotopic (exact) mass is 253 g/mol. The Bertz CT molecular complexity index is 383. The number of carboxylic acids is 1. The fourth-order valence-corrected chi connectivity index (χ4v) is 3.39.